The fourth-order valence-electron chi connectivity index (χ4n) is 1.97. The van der Waals surface area contributed by atoms with Crippen LogP contribution in [0, 0.1) is 10.1 Å². The van der Waals surface area contributed by atoms with E-state index in [-0.39, 0.29) is 18.1 Å². The molecule has 0 atom stereocenters. The number of nitro benzene ring substituents is 1. The second-order valence-corrected chi connectivity index (χ2v) is 3.88. The number of hydrogen-bond donors (Lipinski definition) is 0. The fraction of sp³-hybridized carbons (Fsp3) is 0.0833. The number of nitrogens with zero attached hydrogens (tertiary/aromatic N) is 2. The number of benzene rings is 1. The summed E-state index contributed by atoms with van der Waals surface area (Å²) < 4.78 is 6.95. The molecule has 0 saturated heterocycles. The van der Waals surface area contributed by atoms with Crippen molar-refractivity contribution in [2.45, 2.75) is 0 Å². The summed E-state index contributed by atoms with van der Waals surface area (Å²) in [4.78, 5) is 22.1. The molecular weight excluding hydrogens is 236 g/mol. The Bertz CT molecular complexity index is 660. The first kappa shape index (κ1) is 10.5. The van der Waals surface area contributed by atoms with Gasteiger partial charge in [-0.1, -0.05) is 0 Å². The molecule has 6 heteroatoms. The summed E-state index contributed by atoms with van der Waals surface area (Å²) in [6.07, 6.45) is 1.68. The first-order valence-corrected chi connectivity index (χ1v) is 5.29. The molecule has 3 rings (SSSR count). The molecule has 0 spiro atoms. The molecule has 1 aromatic carbocycles. The topological polar surface area (TPSA) is 74.4 Å². The molecule has 0 aliphatic carbocycles. The molecule has 0 N–H and O–H groups in total. The maximum absolute atomic E-state index is 11.8. The molecule has 18 heavy (non-hydrogen) atoms. The first-order chi connectivity index (χ1) is 8.66. The van der Waals surface area contributed by atoms with E-state index in [2.05, 4.69) is 0 Å². The number of ketones is 1. The van der Waals surface area contributed by atoms with Crippen molar-refractivity contribution in [3.05, 3.63) is 52.3 Å². The highest BCUT2D eigenvalue weighted by Gasteiger charge is 2.22. The fourth-order valence-corrected chi connectivity index (χ4v) is 1.97. The average molecular weight is 244 g/mol. The highest BCUT2D eigenvalue weighted by Crippen LogP contribution is 2.31. The molecular formula is C12H8N2O4. The Morgan fingerprint density at radius 2 is 2.17 bits per heavy atom. The van der Waals surface area contributed by atoms with Crippen LogP contribution >= 0.6 is 0 Å². The van der Waals surface area contributed by atoms with E-state index >= 15 is 0 Å². The molecule has 0 fully saturated rings. The monoisotopic (exact) mass is 244 g/mol. The minimum absolute atomic E-state index is 0.0358. The van der Waals surface area contributed by atoms with E-state index in [1.807, 2.05) is 0 Å². The predicted octanol–water partition coefficient (Wildman–Crippen LogP) is 1.96. The van der Waals surface area contributed by atoms with Crippen molar-refractivity contribution < 1.29 is 14.5 Å². The van der Waals surface area contributed by atoms with E-state index in [1.165, 1.54) is 18.2 Å². The minimum Gasteiger partial charge on any atom is -0.483 e. The van der Waals surface area contributed by atoms with Crippen molar-refractivity contribution in [2.75, 3.05) is 6.61 Å². The van der Waals surface area contributed by atoms with Crippen LogP contribution in [0.1, 0.15) is 10.5 Å². The van der Waals surface area contributed by atoms with Gasteiger partial charge in [0.2, 0.25) is 5.78 Å². The van der Waals surface area contributed by atoms with E-state index in [1.54, 1.807) is 22.9 Å². The maximum Gasteiger partial charge on any atom is 0.271 e. The van der Waals surface area contributed by atoms with Crippen molar-refractivity contribution in [1.82, 2.24) is 4.57 Å². The zero-order valence-electron chi connectivity index (χ0n) is 9.20. The lowest BCUT2D eigenvalue weighted by Gasteiger charge is -2.08. The van der Waals surface area contributed by atoms with E-state index in [0.717, 1.165) is 0 Å². The van der Waals surface area contributed by atoms with Gasteiger partial charge in [-0.25, -0.2) is 0 Å². The lowest BCUT2D eigenvalue weighted by Crippen LogP contribution is -2.10. The van der Waals surface area contributed by atoms with Crippen LogP contribution in [0.25, 0.3) is 5.69 Å². The van der Waals surface area contributed by atoms with Gasteiger partial charge in [0.05, 0.1) is 16.3 Å². The van der Waals surface area contributed by atoms with Crippen molar-refractivity contribution >= 4 is 11.5 Å². The van der Waals surface area contributed by atoms with Crippen molar-refractivity contribution in [1.29, 1.82) is 0 Å². The molecule has 0 saturated carbocycles. The number of nitro groups is 1. The number of rotatable bonds is 1. The van der Waals surface area contributed by atoms with Gasteiger partial charge in [-0.05, 0) is 18.2 Å². The summed E-state index contributed by atoms with van der Waals surface area (Å²) in [5, 5.41) is 10.8. The summed E-state index contributed by atoms with van der Waals surface area (Å²) >= 11 is 0. The van der Waals surface area contributed by atoms with Crippen LogP contribution in [0.4, 0.5) is 5.69 Å². The third-order valence-corrected chi connectivity index (χ3v) is 2.81. The Kier molecular flexibility index (Phi) is 2.16. The second-order valence-electron chi connectivity index (χ2n) is 3.88. The summed E-state index contributed by atoms with van der Waals surface area (Å²) in [6.45, 7) is -0.0607. The normalized spacial score (nSPS) is 13.2. The number of ether oxygens (including phenoxy) is 1. The maximum atomic E-state index is 11.8. The molecule has 1 aliphatic heterocycles. The molecule has 6 nitrogen and oxygen atoms in total. The number of non-ortho nitro benzene ring substituents is 1. The summed E-state index contributed by atoms with van der Waals surface area (Å²) in [5.41, 5.74) is 0.940. The molecule has 0 unspecified atom stereocenters. The van der Waals surface area contributed by atoms with Crippen LogP contribution in [-0.4, -0.2) is 21.9 Å². The standard InChI is InChI=1S/C12H8N2O4/c15-11-7-18-12-4-3-8(14(16)17)6-10(12)13-5-1-2-9(11)13/h1-6H,7H2. The minimum atomic E-state index is -0.476. The van der Waals surface area contributed by atoms with Crippen LogP contribution in [0.2, 0.25) is 0 Å². The molecule has 0 amide bonds. The van der Waals surface area contributed by atoms with E-state index in [0.29, 0.717) is 17.1 Å². The van der Waals surface area contributed by atoms with Crippen molar-refractivity contribution in [3.8, 4) is 11.4 Å². The third-order valence-electron chi connectivity index (χ3n) is 2.81. The molecule has 0 bridgehead atoms. The lowest BCUT2D eigenvalue weighted by molar-refractivity contribution is -0.384. The van der Waals surface area contributed by atoms with Crippen LogP contribution < -0.4 is 4.74 Å². The number of carbonyl (C=O) groups excluding carboxylic acids is 1. The summed E-state index contributed by atoms with van der Waals surface area (Å²) in [6, 6.07) is 7.66. The van der Waals surface area contributed by atoms with Crippen LogP contribution in [0.15, 0.2) is 36.5 Å². The highest BCUT2D eigenvalue weighted by molar-refractivity contribution is 5.97. The van der Waals surface area contributed by atoms with Gasteiger partial charge in [-0.15, -0.1) is 0 Å². The Morgan fingerprint density at radius 1 is 1.33 bits per heavy atom. The average Bonchev–Trinajstić information content (AvgIpc) is 2.80. The highest BCUT2D eigenvalue weighted by atomic mass is 16.6. The number of fused-ring (bicyclic) bond motifs is 3. The van der Waals surface area contributed by atoms with Crippen LogP contribution in [0.3, 0.4) is 0 Å². The van der Waals surface area contributed by atoms with Gasteiger partial charge >= 0.3 is 0 Å². The van der Waals surface area contributed by atoms with Gasteiger partial charge in [0.15, 0.2) is 6.61 Å². The lowest BCUT2D eigenvalue weighted by atomic mass is 10.2. The van der Waals surface area contributed by atoms with Gasteiger partial charge in [0.25, 0.3) is 5.69 Å². The van der Waals surface area contributed by atoms with Crippen molar-refractivity contribution in [2.24, 2.45) is 0 Å². The molecule has 2 heterocycles. The first-order valence-electron chi connectivity index (χ1n) is 5.29. The van der Waals surface area contributed by atoms with Crippen molar-refractivity contribution in [3.63, 3.8) is 0 Å². The quantitative estimate of drug-likeness (QED) is 0.567. The largest absolute Gasteiger partial charge is 0.483 e. The molecule has 90 valence electrons. The van der Waals surface area contributed by atoms with E-state index < -0.39 is 4.92 Å². The Morgan fingerprint density at radius 3 is 2.94 bits per heavy atom. The summed E-state index contributed by atoms with van der Waals surface area (Å²) in [7, 11) is 0. The SMILES string of the molecule is O=C1COc2ccc([N+](=O)[O-])cc2-n2cccc21. The van der Waals surface area contributed by atoms with E-state index in [4.69, 9.17) is 4.74 Å². The van der Waals surface area contributed by atoms with Gasteiger partial charge < -0.3 is 9.30 Å². The number of Topliss-reactive ketones (excluding diaryl/α,β-unsaturated/α-hetero) is 1. The Hall–Kier alpha value is -2.63. The Labute approximate surface area is 102 Å². The second kappa shape index (κ2) is 3.69. The molecule has 1 aliphatic rings. The van der Waals surface area contributed by atoms with Crippen LogP contribution in [0.5, 0.6) is 5.75 Å². The van der Waals surface area contributed by atoms with Crippen LogP contribution in [-0.2, 0) is 0 Å². The number of aromatic nitrogens is 1. The zero-order chi connectivity index (χ0) is 12.7. The predicted molar refractivity (Wildman–Crippen MR) is 62.2 cm³/mol. The smallest absolute Gasteiger partial charge is 0.271 e. The molecule has 1 aromatic heterocycles. The van der Waals surface area contributed by atoms with Gasteiger partial charge in [0, 0.05) is 18.3 Å². The Balaban J connectivity index is 2.26. The van der Waals surface area contributed by atoms with Gasteiger partial charge in [0.1, 0.15) is 5.75 Å². The number of carbonyl (C=O) groups is 1. The summed E-state index contributed by atoms with van der Waals surface area (Å²) in [5.74, 6) is 0.308. The molecule has 0 radical (unpaired) electrons. The van der Waals surface area contributed by atoms with Gasteiger partial charge in [-0.3, -0.25) is 14.9 Å². The van der Waals surface area contributed by atoms with E-state index in [9.17, 15) is 14.9 Å². The third kappa shape index (κ3) is 1.46. The zero-order valence-corrected chi connectivity index (χ0v) is 9.20. The molecule has 2 aromatic rings. The van der Waals surface area contributed by atoms with Gasteiger partial charge in [-0.2, -0.15) is 0 Å². The number of hydrogen-bond acceptors (Lipinski definition) is 4.